The summed E-state index contributed by atoms with van der Waals surface area (Å²) in [6.45, 7) is 2.99. The third-order valence-corrected chi connectivity index (χ3v) is 1.72. The number of rotatable bonds is 5. The van der Waals surface area contributed by atoms with Crippen LogP contribution in [0, 0.1) is 5.92 Å². The van der Waals surface area contributed by atoms with Crippen molar-refractivity contribution in [3.8, 4) is 0 Å². The first-order valence-electron chi connectivity index (χ1n) is 4.18. The molecule has 0 heterocycles. The van der Waals surface area contributed by atoms with Crippen LogP contribution in [0.1, 0.15) is 20.3 Å². The van der Waals surface area contributed by atoms with E-state index >= 15 is 0 Å². The molecule has 0 amide bonds. The van der Waals surface area contributed by atoms with Crippen molar-refractivity contribution in [3.05, 3.63) is 11.1 Å². The van der Waals surface area contributed by atoms with E-state index in [2.05, 4.69) is 0 Å². The molecule has 0 aliphatic carbocycles. The molecule has 0 aliphatic rings. The van der Waals surface area contributed by atoms with E-state index in [0.29, 0.717) is 0 Å². The van der Waals surface area contributed by atoms with Gasteiger partial charge in [-0.25, -0.2) is 9.59 Å². The van der Waals surface area contributed by atoms with Gasteiger partial charge in [0.15, 0.2) is 0 Å². The van der Waals surface area contributed by atoms with E-state index in [1.165, 1.54) is 13.8 Å². The number of aliphatic carboxylic acids is 3. The van der Waals surface area contributed by atoms with Gasteiger partial charge in [-0.3, -0.25) is 4.79 Å². The van der Waals surface area contributed by atoms with Gasteiger partial charge >= 0.3 is 17.9 Å². The van der Waals surface area contributed by atoms with E-state index < -0.39 is 35.8 Å². The van der Waals surface area contributed by atoms with Crippen LogP contribution in [-0.2, 0) is 14.4 Å². The van der Waals surface area contributed by atoms with Gasteiger partial charge in [-0.15, -0.1) is 0 Å². The molecule has 0 spiro atoms. The highest BCUT2D eigenvalue weighted by atomic mass is 16.4. The van der Waals surface area contributed by atoms with E-state index in [1.54, 1.807) is 0 Å². The first-order valence-corrected chi connectivity index (χ1v) is 4.18. The predicted octanol–water partition coefficient (Wildman–Crippen LogP) is 0.583. The van der Waals surface area contributed by atoms with Gasteiger partial charge in [0.25, 0.3) is 0 Å². The fourth-order valence-electron chi connectivity index (χ4n) is 1.16. The summed E-state index contributed by atoms with van der Waals surface area (Å²) in [6, 6.07) is 0. The van der Waals surface area contributed by atoms with Gasteiger partial charge in [0.2, 0.25) is 0 Å². The fourth-order valence-corrected chi connectivity index (χ4v) is 1.16. The van der Waals surface area contributed by atoms with Crippen molar-refractivity contribution >= 4 is 17.9 Å². The van der Waals surface area contributed by atoms with Gasteiger partial charge in [-0.2, -0.15) is 0 Å². The Morgan fingerprint density at radius 2 is 1.47 bits per heavy atom. The molecule has 0 bridgehead atoms. The second-order valence-corrected chi connectivity index (χ2v) is 3.23. The van der Waals surface area contributed by atoms with E-state index in [0.717, 1.165) is 0 Å². The molecule has 0 aromatic carbocycles. The zero-order valence-corrected chi connectivity index (χ0v) is 8.35. The molecule has 15 heavy (non-hydrogen) atoms. The molecule has 0 rings (SSSR count). The van der Waals surface area contributed by atoms with Crippen LogP contribution in [-0.4, -0.2) is 33.2 Å². The van der Waals surface area contributed by atoms with Gasteiger partial charge in [0.1, 0.15) is 0 Å². The highest BCUT2D eigenvalue weighted by Crippen LogP contribution is 2.18. The van der Waals surface area contributed by atoms with E-state index in [1.807, 2.05) is 0 Å². The van der Waals surface area contributed by atoms with Crippen molar-refractivity contribution in [1.29, 1.82) is 0 Å². The molecule has 6 nitrogen and oxygen atoms in total. The van der Waals surface area contributed by atoms with Crippen LogP contribution in [0.25, 0.3) is 0 Å². The second-order valence-electron chi connectivity index (χ2n) is 3.23. The van der Waals surface area contributed by atoms with Crippen LogP contribution < -0.4 is 0 Å². The van der Waals surface area contributed by atoms with Crippen molar-refractivity contribution in [2.75, 3.05) is 0 Å². The first kappa shape index (κ1) is 13.2. The first-order chi connectivity index (χ1) is 6.77. The average Bonchev–Trinajstić information content (AvgIpc) is 2.00. The molecule has 6 heteroatoms. The van der Waals surface area contributed by atoms with Crippen LogP contribution in [0.5, 0.6) is 0 Å². The van der Waals surface area contributed by atoms with Crippen LogP contribution >= 0.6 is 0 Å². The highest BCUT2D eigenvalue weighted by Gasteiger charge is 2.24. The van der Waals surface area contributed by atoms with Gasteiger partial charge in [0, 0.05) is 0 Å². The van der Waals surface area contributed by atoms with E-state index in [4.69, 9.17) is 15.3 Å². The standard InChI is InChI=1S/C9H12O6/c1-4(2)7(9(14)15)5(8(12)13)3-6(10)11/h4H,3H2,1-2H3,(H,10,11)(H,12,13)(H,14,15). The van der Waals surface area contributed by atoms with Gasteiger partial charge in [-0.1, -0.05) is 13.8 Å². The zero-order chi connectivity index (χ0) is 12.2. The molecule has 0 saturated carbocycles. The normalized spacial score (nSPS) is 12.2. The van der Waals surface area contributed by atoms with Crippen LogP contribution in [0.3, 0.4) is 0 Å². The minimum absolute atomic E-state index is 0.370. The summed E-state index contributed by atoms with van der Waals surface area (Å²) in [5, 5.41) is 25.9. The van der Waals surface area contributed by atoms with Gasteiger partial charge in [-0.05, 0) is 5.92 Å². The summed E-state index contributed by atoms with van der Waals surface area (Å²) in [4.78, 5) is 31.8. The molecule has 0 fully saturated rings. The SMILES string of the molecule is CC(C)C(C(=O)O)=C(CC(=O)O)C(=O)O. The lowest BCUT2D eigenvalue weighted by atomic mass is 9.95. The van der Waals surface area contributed by atoms with Crippen LogP contribution in [0.4, 0.5) is 0 Å². The molecular weight excluding hydrogens is 204 g/mol. The number of hydrogen-bond donors (Lipinski definition) is 3. The lowest BCUT2D eigenvalue weighted by Gasteiger charge is -2.10. The van der Waals surface area contributed by atoms with Crippen molar-refractivity contribution < 1.29 is 29.7 Å². The molecule has 0 aromatic rings. The Hall–Kier alpha value is -1.85. The zero-order valence-electron chi connectivity index (χ0n) is 8.35. The van der Waals surface area contributed by atoms with Crippen molar-refractivity contribution in [1.82, 2.24) is 0 Å². The second kappa shape index (κ2) is 5.14. The highest BCUT2D eigenvalue weighted by molar-refractivity contribution is 6.01. The van der Waals surface area contributed by atoms with Crippen LogP contribution in [0.15, 0.2) is 11.1 Å². The summed E-state index contributed by atoms with van der Waals surface area (Å²) in [7, 11) is 0. The van der Waals surface area contributed by atoms with E-state index in [-0.39, 0.29) is 5.57 Å². The third kappa shape index (κ3) is 3.80. The Balaban J connectivity index is 5.45. The largest absolute Gasteiger partial charge is 0.481 e. The summed E-state index contributed by atoms with van der Waals surface area (Å²) >= 11 is 0. The van der Waals surface area contributed by atoms with Crippen molar-refractivity contribution in [3.63, 3.8) is 0 Å². The summed E-state index contributed by atoms with van der Waals surface area (Å²) in [5.41, 5.74) is -0.949. The minimum Gasteiger partial charge on any atom is -0.481 e. The molecule has 0 saturated heterocycles. The Kier molecular flexibility index (Phi) is 4.50. The number of carboxylic acids is 3. The topological polar surface area (TPSA) is 112 Å². The molecular formula is C9H12O6. The molecule has 3 N–H and O–H groups in total. The molecule has 0 aromatic heterocycles. The summed E-state index contributed by atoms with van der Waals surface area (Å²) < 4.78 is 0. The molecule has 0 aliphatic heterocycles. The number of carbonyl (C=O) groups is 3. The molecule has 84 valence electrons. The van der Waals surface area contributed by atoms with Crippen LogP contribution in [0.2, 0.25) is 0 Å². The monoisotopic (exact) mass is 216 g/mol. The molecule has 0 atom stereocenters. The smallest absolute Gasteiger partial charge is 0.332 e. The Morgan fingerprint density at radius 1 is 1.00 bits per heavy atom. The van der Waals surface area contributed by atoms with E-state index in [9.17, 15) is 14.4 Å². The molecule has 0 unspecified atom stereocenters. The van der Waals surface area contributed by atoms with Gasteiger partial charge in [0.05, 0.1) is 17.6 Å². The number of hydrogen-bond acceptors (Lipinski definition) is 3. The molecule has 0 radical (unpaired) electrons. The van der Waals surface area contributed by atoms with Crippen molar-refractivity contribution in [2.24, 2.45) is 5.92 Å². The summed E-state index contributed by atoms with van der Waals surface area (Å²) in [5.74, 6) is -4.83. The maximum absolute atomic E-state index is 10.8. The third-order valence-electron chi connectivity index (χ3n) is 1.72. The Morgan fingerprint density at radius 3 is 1.67 bits per heavy atom. The quantitative estimate of drug-likeness (QED) is 0.579. The maximum Gasteiger partial charge on any atom is 0.332 e. The summed E-state index contributed by atoms with van der Waals surface area (Å²) in [6.07, 6.45) is -0.796. The Labute approximate surface area is 85.8 Å². The lowest BCUT2D eigenvalue weighted by molar-refractivity contribution is -0.140. The lowest BCUT2D eigenvalue weighted by Crippen LogP contribution is -2.17. The van der Waals surface area contributed by atoms with Gasteiger partial charge < -0.3 is 15.3 Å². The maximum atomic E-state index is 10.8. The Bertz CT molecular complexity index is 325. The fraction of sp³-hybridized carbons (Fsp3) is 0.444. The average molecular weight is 216 g/mol. The minimum atomic E-state index is -1.51. The van der Waals surface area contributed by atoms with Crippen molar-refractivity contribution in [2.45, 2.75) is 20.3 Å². The predicted molar refractivity (Wildman–Crippen MR) is 49.4 cm³/mol. The number of carboxylic acid groups (broad SMARTS) is 3.